The molecule has 2 heterocycles. The van der Waals surface area contributed by atoms with Crippen molar-refractivity contribution < 1.29 is 9.90 Å². The standard InChI is InChI=1S/C14H18N4O2/c15-10-9-18-11-5-4-8-17-14(11)13(10)16-7-3-1-2-6-12(19)20/h4-5,8-9H,1-3,6-7,15H2,(H,16,18)(H,19,20). The minimum absolute atomic E-state index is 0.224. The highest BCUT2D eigenvalue weighted by Gasteiger charge is 2.06. The van der Waals surface area contributed by atoms with Gasteiger partial charge in [0.25, 0.3) is 0 Å². The Kier molecular flexibility index (Phi) is 4.70. The van der Waals surface area contributed by atoms with Gasteiger partial charge in [-0.2, -0.15) is 0 Å². The molecule has 0 saturated carbocycles. The van der Waals surface area contributed by atoms with Crippen molar-refractivity contribution in [3.63, 3.8) is 0 Å². The summed E-state index contributed by atoms with van der Waals surface area (Å²) in [5, 5.41) is 11.8. The molecule has 20 heavy (non-hydrogen) atoms. The summed E-state index contributed by atoms with van der Waals surface area (Å²) in [5.41, 5.74) is 8.86. The van der Waals surface area contributed by atoms with Crippen LogP contribution in [0.2, 0.25) is 0 Å². The van der Waals surface area contributed by atoms with Crippen LogP contribution in [0.4, 0.5) is 11.4 Å². The Morgan fingerprint density at radius 2 is 2.15 bits per heavy atom. The molecular weight excluding hydrogens is 256 g/mol. The maximum atomic E-state index is 10.4. The molecule has 0 radical (unpaired) electrons. The van der Waals surface area contributed by atoms with Crippen LogP contribution in [0.15, 0.2) is 24.5 Å². The number of unbranched alkanes of at least 4 members (excludes halogenated alkanes) is 2. The maximum absolute atomic E-state index is 10.4. The van der Waals surface area contributed by atoms with Crippen LogP contribution in [0.5, 0.6) is 0 Å². The number of carboxylic acids is 1. The van der Waals surface area contributed by atoms with E-state index in [1.54, 1.807) is 12.4 Å². The minimum Gasteiger partial charge on any atom is -0.481 e. The fraction of sp³-hybridized carbons (Fsp3) is 0.357. The first kappa shape index (κ1) is 14.0. The van der Waals surface area contributed by atoms with Crippen molar-refractivity contribution in [1.82, 2.24) is 9.97 Å². The Balaban J connectivity index is 1.92. The Morgan fingerprint density at radius 1 is 1.30 bits per heavy atom. The molecule has 0 bridgehead atoms. The number of rotatable bonds is 7. The van der Waals surface area contributed by atoms with Crippen LogP contribution in [-0.4, -0.2) is 27.6 Å². The highest BCUT2D eigenvalue weighted by atomic mass is 16.4. The van der Waals surface area contributed by atoms with E-state index in [1.807, 2.05) is 12.1 Å². The van der Waals surface area contributed by atoms with Gasteiger partial charge in [-0.3, -0.25) is 14.8 Å². The van der Waals surface area contributed by atoms with E-state index in [9.17, 15) is 4.79 Å². The Hall–Kier alpha value is -2.37. The third-order valence-electron chi connectivity index (χ3n) is 3.02. The van der Waals surface area contributed by atoms with Crippen LogP contribution in [0.1, 0.15) is 25.7 Å². The quantitative estimate of drug-likeness (QED) is 0.669. The lowest BCUT2D eigenvalue weighted by Crippen LogP contribution is -2.06. The number of carboxylic acid groups (broad SMARTS) is 1. The van der Waals surface area contributed by atoms with E-state index < -0.39 is 5.97 Å². The van der Waals surface area contributed by atoms with Gasteiger partial charge in [0.1, 0.15) is 5.52 Å². The molecular formula is C14H18N4O2. The molecule has 0 unspecified atom stereocenters. The molecule has 2 aromatic rings. The Morgan fingerprint density at radius 3 is 2.95 bits per heavy atom. The van der Waals surface area contributed by atoms with Crippen molar-refractivity contribution in [3.05, 3.63) is 24.5 Å². The lowest BCUT2D eigenvalue weighted by atomic mass is 10.2. The van der Waals surface area contributed by atoms with E-state index in [0.29, 0.717) is 12.1 Å². The molecule has 0 amide bonds. The summed E-state index contributed by atoms with van der Waals surface area (Å²) in [6.45, 7) is 0.736. The minimum atomic E-state index is -0.744. The smallest absolute Gasteiger partial charge is 0.303 e. The summed E-state index contributed by atoms with van der Waals surface area (Å²) in [6, 6.07) is 3.72. The average molecular weight is 274 g/mol. The van der Waals surface area contributed by atoms with Crippen LogP contribution in [0.25, 0.3) is 11.0 Å². The van der Waals surface area contributed by atoms with Gasteiger partial charge in [-0.25, -0.2) is 0 Å². The number of aromatic nitrogens is 2. The largest absolute Gasteiger partial charge is 0.481 e. The number of nitrogen functional groups attached to an aromatic ring is 1. The molecule has 106 valence electrons. The number of nitrogens with two attached hydrogens (primary N) is 1. The summed E-state index contributed by atoms with van der Waals surface area (Å²) >= 11 is 0. The van der Waals surface area contributed by atoms with Crippen LogP contribution in [0, 0.1) is 0 Å². The third-order valence-corrected chi connectivity index (χ3v) is 3.02. The zero-order valence-electron chi connectivity index (χ0n) is 11.2. The molecule has 0 aromatic carbocycles. The second kappa shape index (κ2) is 6.70. The van der Waals surface area contributed by atoms with E-state index in [0.717, 1.165) is 36.1 Å². The predicted molar refractivity (Wildman–Crippen MR) is 78.5 cm³/mol. The van der Waals surface area contributed by atoms with E-state index in [4.69, 9.17) is 10.8 Å². The first-order valence-corrected chi connectivity index (χ1v) is 6.63. The summed E-state index contributed by atoms with van der Waals surface area (Å²) in [6.07, 6.45) is 6.01. The van der Waals surface area contributed by atoms with Crippen molar-refractivity contribution in [2.45, 2.75) is 25.7 Å². The van der Waals surface area contributed by atoms with Crippen molar-refractivity contribution in [3.8, 4) is 0 Å². The van der Waals surface area contributed by atoms with E-state index >= 15 is 0 Å². The van der Waals surface area contributed by atoms with E-state index in [2.05, 4.69) is 15.3 Å². The topological polar surface area (TPSA) is 101 Å². The second-order valence-electron chi connectivity index (χ2n) is 4.59. The molecule has 2 aromatic heterocycles. The molecule has 6 heteroatoms. The molecule has 0 spiro atoms. The van der Waals surface area contributed by atoms with Gasteiger partial charge in [0.15, 0.2) is 0 Å². The Bertz CT molecular complexity index is 601. The van der Waals surface area contributed by atoms with E-state index in [-0.39, 0.29) is 6.42 Å². The number of pyridine rings is 2. The molecule has 0 fully saturated rings. The van der Waals surface area contributed by atoms with E-state index in [1.165, 1.54) is 0 Å². The highest BCUT2D eigenvalue weighted by molar-refractivity contribution is 5.93. The number of nitrogens with zero attached hydrogens (tertiary/aromatic N) is 2. The van der Waals surface area contributed by atoms with Crippen LogP contribution in [0.3, 0.4) is 0 Å². The fourth-order valence-electron chi connectivity index (χ4n) is 2.01. The average Bonchev–Trinajstić information content (AvgIpc) is 2.44. The molecule has 4 N–H and O–H groups in total. The van der Waals surface area contributed by atoms with Gasteiger partial charge in [-0.15, -0.1) is 0 Å². The van der Waals surface area contributed by atoms with Crippen molar-refractivity contribution in [2.75, 3.05) is 17.6 Å². The Labute approximate surface area is 117 Å². The lowest BCUT2D eigenvalue weighted by Gasteiger charge is -2.11. The summed E-state index contributed by atoms with van der Waals surface area (Å²) in [5.74, 6) is -0.744. The number of fused-ring (bicyclic) bond motifs is 1. The highest BCUT2D eigenvalue weighted by Crippen LogP contribution is 2.25. The number of aliphatic carboxylic acids is 1. The number of hydrogen-bond donors (Lipinski definition) is 3. The lowest BCUT2D eigenvalue weighted by molar-refractivity contribution is -0.137. The van der Waals surface area contributed by atoms with Gasteiger partial charge in [-0.05, 0) is 25.0 Å². The summed E-state index contributed by atoms with van der Waals surface area (Å²) in [7, 11) is 0. The summed E-state index contributed by atoms with van der Waals surface area (Å²) < 4.78 is 0. The fourth-order valence-corrected chi connectivity index (χ4v) is 2.01. The predicted octanol–water partition coefficient (Wildman–Crippen LogP) is 2.27. The van der Waals surface area contributed by atoms with Gasteiger partial charge < -0.3 is 16.2 Å². The van der Waals surface area contributed by atoms with Gasteiger partial charge in [0.05, 0.1) is 23.1 Å². The van der Waals surface area contributed by atoms with Crippen molar-refractivity contribution in [1.29, 1.82) is 0 Å². The number of anilines is 2. The number of hydrogen-bond acceptors (Lipinski definition) is 5. The first-order chi connectivity index (χ1) is 9.68. The van der Waals surface area contributed by atoms with Gasteiger partial charge in [-0.1, -0.05) is 6.42 Å². The number of nitrogens with one attached hydrogen (secondary N) is 1. The molecule has 0 saturated heterocycles. The zero-order valence-corrected chi connectivity index (χ0v) is 11.2. The van der Waals surface area contributed by atoms with Crippen LogP contribution >= 0.6 is 0 Å². The monoisotopic (exact) mass is 274 g/mol. The molecule has 0 atom stereocenters. The molecule has 2 rings (SSSR count). The van der Waals surface area contributed by atoms with Crippen LogP contribution in [-0.2, 0) is 4.79 Å². The molecule has 6 nitrogen and oxygen atoms in total. The normalized spacial score (nSPS) is 10.6. The molecule has 0 aliphatic rings. The van der Waals surface area contributed by atoms with Crippen LogP contribution < -0.4 is 11.1 Å². The van der Waals surface area contributed by atoms with Crippen molar-refractivity contribution >= 4 is 28.4 Å². The first-order valence-electron chi connectivity index (χ1n) is 6.63. The summed E-state index contributed by atoms with van der Waals surface area (Å²) in [4.78, 5) is 18.9. The maximum Gasteiger partial charge on any atom is 0.303 e. The third kappa shape index (κ3) is 3.57. The van der Waals surface area contributed by atoms with Gasteiger partial charge in [0, 0.05) is 19.2 Å². The molecule has 0 aliphatic carbocycles. The van der Waals surface area contributed by atoms with Gasteiger partial charge in [0.2, 0.25) is 0 Å². The second-order valence-corrected chi connectivity index (χ2v) is 4.59. The van der Waals surface area contributed by atoms with Gasteiger partial charge >= 0.3 is 5.97 Å². The van der Waals surface area contributed by atoms with Crippen molar-refractivity contribution in [2.24, 2.45) is 0 Å². The zero-order chi connectivity index (χ0) is 14.4. The number of carbonyl (C=O) groups is 1. The SMILES string of the molecule is Nc1cnc2cccnc2c1NCCCCCC(=O)O. The molecule has 0 aliphatic heterocycles.